The molecule has 55 heavy (non-hydrogen) atoms. The van der Waals surface area contributed by atoms with Crippen LogP contribution in [0.5, 0.6) is 11.5 Å². The summed E-state index contributed by atoms with van der Waals surface area (Å²) >= 11 is 0. The van der Waals surface area contributed by atoms with Gasteiger partial charge in [0.1, 0.15) is 5.82 Å². The van der Waals surface area contributed by atoms with E-state index in [0.717, 1.165) is 51.3 Å². The Bertz CT molecular complexity index is 2630. The number of ether oxygens (including phenoxy) is 1. The predicted octanol–water partition coefficient (Wildman–Crippen LogP) is 11.8. The van der Waals surface area contributed by atoms with Crippen molar-refractivity contribution in [3.8, 4) is 17.3 Å². The standard InChI is InChI=1S/C49H46N4O.Pt/c1-30-24-31(2)43(28-39(30)47-51-45(32-14-10-9-11-15-32)46-37-17-13-12-16-33(37)29-52(46)47)54-36-19-20-38-40-25-34(48(3,4)5)18-21-41(40)53(42(38)27-36)44-26-35(22-23-50-44)49(6,7)8;/h9-26,45-46H,29H2,1-8H3;/q-2;+2/t45-,46+;/m1./s1. The molecule has 2 aromatic heterocycles. The molecule has 0 saturated heterocycles. The van der Waals surface area contributed by atoms with Crippen molar-refractivity contribution in [2.75, 3.05) is 0 Å². The molecule has 7 aromatic rings. The van der Waals surface area contributed by atoms with E-state index in [0.29, 0.717) is 11.5 Å². The van der Waals surface area contributed by atoms with Gasteiger partial charge in [-0.15, -0.1) is 34.7 Å². The molecule has 0 fully saturated rings. The van der Waals surface area contributed by atoms with Crippen LogP contribution in [0.2, 0.25) is 0 Å². The largest absolute Gasteiger partial charge is 2.00 e. The van der Waals surface area contributed by atoms with Crippen molar-refractivity contribution in [3.05, 3.63) is 166 Å². The average molecular weight is 902 g/mol. The SMILES string of the molecule is Cc1cc(C)c(C2=N[C@H](c3ccccc3)[C@@H]3c4ccccc4CN23)[c-]c1Oc1[c-]c2c(cc1)c1cc(C(C)(C)C)ccc1n2-c1cc(C(C)(C)C)ccn1.[Pt+2]. The maximum atomic E-state index is 6.78. The smallest absolute Gasteiger partial charge is 0.503 e. The molecule has 0 amide bonds. The van der Waals surface area contributed by atoms with Crippen LogP contribution in [0, 0.1) is 26.0 Å². The van der Waals surface area contributed by atoms with Gasteiger partial charge < -0.3 is 19.2 Å². The second-order valence-corrected chi connectivity index (χ2v) is 17.1. The van der Waals surface area contributed by atoms with Crippen LogP contribution in [-0.2, 0) is 38.4 Å². The molecular weight excluding hydrogens is 856 g/mol. The van der Waals surface area contributed by atoms with Gasteiger partial charge in [0.2, 0.25) is 0 Å². The van der Waals surface area contributed by atoms with E-state index in [1.165, 1.54) is 33.2 Å². The van der Waals surface area contributed by atoms with E-state index in [-0.39, 0.29) is 44.0 Å². The molecule has 2 aliphatic rings. The van der Waals surface area contributed by atoms with Crippen molar-refractivity contribution in [1.29, 1.82) is 0 Å². The summed E-state index contributed by atoms with van der Waals surface area (Å²) in [7, 11) is 0. The Morgan fingerprint density at radius 3 is 2.22 bits per heavy atom. The van der Waals surface area contributed by atoms with E-state index in [2.05, 4.69) is 174 Å². The first-order valence-corrected chi connectivity index (χ1v) is 19.0. The van der Waals surface area contributed by atoms with Crippen molar-refractivity contribution in [2.45, 2.75) is 84.8 Å². The van der Waals surface area contributed by atoms with Gasteiger partial charge in [0.25, 0.3) is 0 Å². The monoisotopic (exact) mass is 901 g/mol. The number of amidine groups is 1. The van der Waals surface area contributed by atoms with Gasteiger partial charge in [0.05, 0.1) is 12.1 Å². The molecule has 0 saturated carbocycles. The molecule has 5 nitrogen and oxygen atoms in total. The molecule has 6 heteroatoms. The van der Waals surface area contributed by atoms with E-state index in [1.807, 2.05) is 12.3 Å². The molecule has 0 N–H and O–H groups in total. The number of nitrogens with zero attached hydrogens (tertiary/aromatic N) is 4. The van der Waals surface area contributed by atoms with E-state index < -0.39 is 0 Å². The first kappa shape index (κ1) is 37.0. The summed E-state index contributed by atoms with van der Waals surface area (Å²) in [5.41, 5.74) is 11.6. The van der Waals surface area contributed by atoms with Gasteiger partial charge in [-0.05, 0) is 62.2 Å². The van der Waals surface area contributed by atoms with Crippen LogP contribution < -0.4 is 4.74 Å². The Hall–Kier alpha value is -4.99. The fraction of sp³-hybridized carbons (Fsp3) is 0.265. The summed E-state index contributed by atoms with van der Waals surface area (Å²) in [4.78, 5) is 12.8. The van der Waals surface area contributed by atoms with Gasteiger partial charge in [-0.1, -0.05) is 139 Å². The summed E-state index contributed by atoms with van der Waals surface area (Å²) in [5.74, 6) is 3.14. The zero-order valence-electron chi connectivity index (χ0n) is 32.8. The van der Waals surface area contributed by atoms with Crippen LogP contribution in [0.25, 0.3) is 27.6 Å². The number of fused-ring (bicyclic) bond motifs is 6. The van der Waals surface area contributed by atoms with E-state index in [9.17, 15) is 0 Å². The fourth-order valence-electron chi connectivity index (χ4n) is 8.27. The minimum atomic E-state index is -0.0209. The van der Waals surface area contributed by atoms with Gasteiger partial charge in [0, 0.05) is 35.6 Å². The van der Waals surface area contributed by atoms with Gasteiger partial charge in [-0.25, -0.2) is 4.98 Å². The number of aryl methyl sites for hydroxylation is 2. The van der Waals surface area contributed by atoms with Crippen LogP contribution in [0.4, 0.5) is 0 Å². The number of aliphatic imine (C=N–C) groups is 1. The molecule has 0 unspecified atom stereocenters. The minimum absolute atomic E-state index is 0. The minimum Gasteiger partial charge on any atom is -0.503 e. The quantitative estimate of drug-likeness (QED) is 0.162. The molecule has 278 valence electrons. The van der Waals surface area contributed by atoms with Crippen LogP contribution in [0.15, 0.2) is 114 Å². The first-order valence-electron chi connectivity index (χ1n) is 19.0. The van der Waals surface area contributed by atoms with Crippen molar-refractivity contribution < 1.29 is 25.8 Å². The topological polar surface area (TPSA) is 42.6 Å². The van der Waals surface area contributed by atoms with Gasteiger partial charge >= 0.3 is 21.1 Å². The van der Waals surface area contributed by atoms with Crippen molar-refractivity contribution in [1.82, 2.24) is 14.5 Å². The molecule has 0 aliphatic carbocycles. The van der Waals surface area contributed by atoms with Crippen LogP contribution in [0.1, 0.15) is 98.1 Å². The molecule has 0 bridgehead atoms. The van der Waals surface area contributed by atoms with Crippen LogP contribution >= 0.6 is 0 Å². The Morgan fingerprint density at radius 1 is 0.727 bits per heavy atom. The Kier molecular flexibility index (Phi) is 9.16. The van der Waals surface area contributed by atoms with Crippen molar-refractivity contribution >= 4 is 27.6 Å². The number of hydrogen-bond donors (Lipinski definition) is 0. The summed E-state index contributed by atoms with van der Waals surface area (Å²) in [6.45, 7) is 18.6. The van der Waals surface area contributed by atoms with Gasteiger partial charge in [-0.2, -0.15) is 6.07 Å². The van der Waals surface area contributed by atoms with E-state index >= 15 is 0 Å². The zero-order valence-corrected chi connectivity index (χ0v) is 35.0. The van der Waals surface area contributed by atoms with Crippen LogP contribution in [-0.4, -0.2) is 20.3 Å². The third kappa shape index (κ3) is 6.41. The van der Waals surface area contributed by atoms with Gasteiger partial charge in [0.15, 0.2) is 0 Å². The Labute approximate surface area is 339 Å². The molecule has 0 radical (unpaired) electrons. The fourth-order valence-corrected chi connectivity index (χ4v) is 8.27. The zero-order chi connectivity index (χ0) is 37.5. The molecule has 9 rings (SSSR count). The maximum absolute atomic E-state index is 6.78. The number of aromatic nitrogens is 2. The molecule has 0 spiro atoms. The number of hydrogen-bond acceptors (Lipinski definition) is 4. The third-order valence-electron chi connectivity index (χ3n) is 11.2. The van der Waals surface area contributed by atoms with E-state index in [1.54, 1.807) is 0 Å². The molecule has 2 atom stereocenters. The molecule has 2 aliphatic heterocycles. The average Bonchev–Trinajstić information content (AvgIpc) is 3.81. The second kappa shape index (κ2) is 13.6. The van der Waals surface area contributed by atoms with Crippen molar-refractivity contribution in [3.63, 3.8) is 0 Å². The number of benzene rings is 5. The van der Waals surface area contributed by atoms with E-state index in [4.69, 9.17) is 14.7 Å². The summed E-state index contributed by atoms with van der Waals surface area (Å²) in [6, 6.07) is 44.5. The van der Waals surface area contributed by atoms with Crippen LogP contribution in [0.3, 0.4) is 0 Å². The Balaban J connectivity index is 0.00000427. The second-order valence-electron chi connectivity index (χ2n) is 17.1. The molecular formula is C49H46N4OPt. The summed E-state index contributed by atoms with van der Waals surface area (Å²) in [6.07, 6.45) is 1.92. The Morgan fingerprint density at radius 2 is 1.45 bits per heavy atom. The summed E-state index contributed by atoms with van der Waals surface area (Å²) in [5, 5.41) is 2.29. The number of pyridine rings is 1. The molecule has 4 heterocycles. The normalized spacial score (nSPS) is 16.6. The third-order valence-corrected chi connectivity index (χ3v) is 11.2. The first-order chi connectivity index (χ1) is 25.8. The predicted molar refractivity (Wildman–Crippen MR) is 220 cm³/mol. The maximum Gasteiger partial charge on any atom is 2.00 e. The van der Waals surface area contributed by atoms with Gasteiger partial charge in [-0.3, -0.25) is 0 Å². The molecule has 5 aromatic carbocycles. The summed E-state index contributed by atoms with van der Waals surface area (Å²) < 4.78 is 9.02. The number of rotatable bonds is 5. The van der Waals surface area contributed by atoms with Crippen molar-refractivity contribution in [2.24, 2.45) is 4.99 Å².